The Bertz CT molecular complexity index is 1240. The van der Waals surface area contributed by atoms with Crippen molar-refractivity contribution in [2.45, 2.75) is 0 Å². The number of aromatic nitrogens is 1. The van der Waals surface area contributed by atoms with E-state index in [9.17, 15) is 13.6 Å². The summed E-state index contributed by atoms with van der Waals surface area (Å²) in [7, 11) is 0. The van der Waals surface area contributed by atoms with Crippen molar-refractivity contribution in [2.75, 3.05) is 5.32 Å². The van der Waals surface area contributed by atoms with E-state index in [1.165, 1.54) is 6.07 Å². The maximum atomic E-state index is 13.5. The monoisotopic (exact) mass is 377 g/mol. The highest BCUT2D eigenvalue weighted by molar-refractivity contribution is 6.04. The molecule has 0 aliphatic carbocycles. The van der Waals surface area contributed by atoms with Crippen LogP contribution < -0.4 is 10.9 Å². The summed E-state index contributed by atoms with van der Waals surface area (Å²) in [6.45, 7) is 0. The maximum absolute atomic E-state index is 13.5. The Hall–Kier alpha value is -3.87. The molecule has 4 aromatic rings. The lowest BCUT2D eigenvalue weighted by Crippen LogP contribution is -2.22. The van der Waals surface area contributed by atoms with Crippen molar-refractivity contribution in [3.8, 4) is 0 Å². The minimum atomic E-state index is -1.04. The fourth-order valence-electron chi connectivity index (χ4n) is 2.61. The van der Waals surface area contributed by atoms with E-state index in [4.69, 9.17) is 4.42 Å². The van der Waals surface area contributed by atoms with Gasteiger partial charge < -0.3 is 9.73 Å². The molecule has 4 rings (SSSR count). The fraction of sp³-hybridized carbons (Fsp3) is 0. The zero-order chi connectivity index (χ0) is 19.5. The number of benzene rings is 2. The zero-order valence-electron chi connectivity index (χ0n) is 14.4. The first-order valence-electron chi connectivity index (χ1n) is 8.35. The third-order valence-electron chi connectivity index (χ3n) is 3.94. The molecule has 0 unspecified atom stereocenters. The molecular formula is C21H13F2N3O2. The number of para-hydroxylation sites is 1. The number of fused-ring (bicyclic) bond motifs is 1. The van der Waals surface area contributed by atoms with E-state index < -0.39 is 17.5 Å². The molecule has 0 aliphatic rings. The van der Waals surface area contributed by atoms with Crippen LogP contribution in [0.25, 0.3) is 11.0 Å². The second-order valence-electron chi connectivity index (χ2n) is 5.88. The van der Waals surface area contributed by atoms with E-state index >= 15 is 0 Å². The number of pyridine rings is 1. The molecule has 0 fully saturated rings. The number of rotatable bonds is 3. The molecule has 1 N–H and O–H groups in total. The molecule has 5 nitrogen and oxygen atoms in total. The van der Waals surface area contributed by atoms with Crippen molar-refractivity contribution in [3.63, 3.8) is 0 Å². The number of hydrogen-bond donors (Lipinski definition) is 1. The highest BCUT2D eigenvalue weighted by Gasteiger charge is 2.14. The largest absolute Gasteiger partial charge is 0.438 e. The molecule has 28 heavy (non-hydrogen) atoms. The van der Waals surface area contributed by atoms with Crippen molar-refractivity contribution in [1.29, 1.82) is 0 Å². The molecule has 0 bridgehead atoms. The van der Waals surface area contributed by atoms with Crippen LogP contribution in [0.1, 0.15) is 10.4 Å². The summed E-state index contributed by atoms with van der Waals surface area (Å²) in [6.07, 6.45) is 1.55. The lowest BCUT2D eigenvalue weighted by Gasteiger charge is -2.06. The summed E-state index contributed by atoms with van der Waals surface area (Å²) in [5, 5.41) is 3.36. The second-order valence-corrected chi connectivity index (χ2v) is 5.88. The normalized spacial score (nSPS) is 11.6. The van der Waals surface area contributed by atoms with Crippen LogP contribution in [0.2, 0.25) is 0 Å². The van der Waals surface area contributed by atoms with Gasteiger partial charge >= 0.3 is 0 Å². The molecule has 0 radical (unpaired) electrons. The van der Waals surface area contributed by atoms with Gasteiger partial charge in [0.1, 0.15) is 17.0 Å². The molecule has 2 aromatic heterocycles. The number of carbonyl (C=O) groups is 1. The van der Waals surface area contributed by atoms with Gasteiger partial charge in [0, 0.05) is 17.6 Å². The van der Waals surface area contributed by atoms with Gasteiger partial charge in [0.15, 0.2) is 11.6 Å². The van der Waals surface area contributed by atoms with Crippen LogP contribution in [0.5, 0.6) is 0 Å². The van der Waals surface area contributed by atoms with E-state index in [2.05, 4.69) is 15.3 Å². The molecule has 2 heterocycles. The van der Waals surface area contributed by atoms with E-state index in [-0.39, 0.29) is 16.8 Å². The number of amides is 1. The van der Waals surface area contributed by atoms with Gasteiger partial charge in [-0.15, -0.1) is 0 Å². The molecule has 1 amide bonds. The Kier molecular flexibility index (Phi) is 4.63. The Labute approximate surface area is 158 Å². The van der Waals surface area contributed by atoms with E-state index in [1.54, 1.807) is 48.7 Å². The standard InChI is InChI=1S/C21H13F2N3O2/c22-16-9-8-14(12-17(16)23)25-21-15(11-13-5-1-2-6-18(13)28-21)20(27)26-19-7-3-4-10-24-19/h1-12H,(H,24,26,27). The molecule has 0 aliphatic heterocycles. The predicted octanol–water partition coefficient (Wildman–Crippen LogP) is 4.59. The minimum absolute atomic E-state index is 0.0295. The second kappa shape index (κ2) is 7.40. The summed E-state index contributed by atoms with van der Waals surface area (Å²) in [5.41, 5.74) is 0.718. The van der Waals surface area contributed by atoms with Gasteiger partial charge in [-0.1, -0.05) is 24.3 Å². The zero-order valence-corrected chi connectivity index (χ0v) is 14.4. The van der Waals surface area contributed by atoms with Gasteiger partial charge in [-0.3, -0.25) is 4.79 Å². The first-order chi connectivity index (χ1) is 13.6. The van der Waals surface area contributed by atoms with Gasteiger partial charge in [0.05, 0.1) is 5.69 Å². The lowest BCUT2D eigenvalue weighted by atomic mass is 10.1. The summed E-state index contributed by atoms with van der Waals surface area (Å²) in [4.78, 5) is 21.0. The average Bonchev–Trinajstić information content (AvgIpc) is 2.71. The van der Waals surface area contributed by atoms with Crippen molar-refractivity contribution in [2.24, 2.45) is 4.99 Å². The highest BCUT2D eigenvalue weighted by atomic mass is 19.2. The van der Waals surface area contributed by atoms with Gasteiger partial charge in [-0.25, -0.2) is 18.8 Å². The number of anilines is 1. The predicted molar refractivity (Wildman–Crippen MR) is 100.0 cm³/mol. The van der Waals surface area contributed by atoms with E-state index in [0.717, 1.165) is 12.1 Å². The Morgan fingerprint density at radius 1 is 0.964 bits per heavy atom. The molecule has 2 aromatic carbocycles. The Balaban J connectivity index is 1.85. The molecular weight excluding hydrogens is 364 g/mol. The fourth-order valence-corrected chi connectivity index (χ4v) is 2.61. The van der Waals surface area contributed by atoms with Gasteiger partial charge in [0.25, 0.3) is 5.91 Å². The van der Waals surface area contributed by atoms with E-state index in [0.29, 0.717) is 16.8 Å². The number of nitrogens with one attached hydrogen (secondary N) is 1. The third kappa shape index (κ3) is 3.64. The van der Waals surface area contributed by atoms with Crippen molar-refractivity contribution < 1.29 is 18.0 Å². The number of hydrogen-bond acceptors (Lipinski definition) is 4. The summed E-state index contributed by atoms with van der Waals surface area (Å²) in [6, 6.07) is 17.0. The molecule has 0 atom stereocenters. The average molecular weight is 377 g/mol. The van der Waals surface area contributed by atoms with Crippen LogP contribution in [0.3, 0.4) is 0 Å². The van der Waals surface area contributed by atoms with E-state index in [1.807, 2.05) is 6.07 Å². The number of halogens is 2. The van der Waals surface area contributed by atoms with Gasteiger partial charge in [-0.2, -0.15) is 0 Å². The third-order valence-corrected chi connectivity index (χ3v) is 3.94. The molecule has 7 heteroatoms. The summed E-state index contributed by atoms with van der Waals surface area (Å²) >= 11 is 0. The molecule has 138 valence electrons. The topological polar surface area (TPSA) is 67.5 Å². The number of carbonyl (C=O) groups excluding carboxylic acids is 1. The van der Waals surface area contributed by atoms with Crippen molar-refractivity contribution in [3.05, 3.63) is 95.7 Å². The quantitative estimate of drug-likeness (QED) is 0.568. The summed E-state index contributed by atoms with van der Waals surface area (Å²) in [5.74, 6) is -2.15. The Morgan fingerprint density at radius 3 is 2.57 bits per heavy atom. The van der Waals surface area contributed by atoms with Crippen LogP contribution in [0, 0.1) is 11.6 Å². The first-order valence-corrected chi connectivity index (χ1v) is 8.35. The van der Waals surface area contributed by atoms with Crippen LogP contribution in [0.4, 0.5) is 20.3 Å². The molecule has 0 saturated heterocycles. The number of nitrogens with zero attached hydrogens (tertiary/aromatic N) is 2. The molecule has 0 spiro atoms. The maximum Gasteiger partial charge on any atom is 0.262 e. The van der Waals surface area contributed by atoms with Crippen molar-refractivity contribution >= 4 is 28.4 Å². The van der Waals surface area contributed by atoms with Crippen molar-refractivity contribution in [1.82, 2.24) is 4.98 Å². The smallest absolute Gasteiger partial charge is 0.262 e. The van der Waals surface area contributed by atoms with Crippen LogP contribution in [-0.4, -0.2) is 10.9 Å². The van der Waals surface area contributed by atoms with Crippen LogP contribution in [0.15, 0.2) is 82.3 Å². The van der Waals surface area contributed by atoms with Crippen LogP contribution in [-0.2, 0) is 0 Å². The lowest BCUT2D eigenvalue weighted by molar-refractivity contribution is 0.102. The Morgan fingerprint density at radius 2 is 1.79 bits per heavy atom. The molecule has 0 saturated carbocycles. The summed E-state index contributed by atoms with van der Waals surface area (Å²) < 4.78 is 32.5. The van der Waals surface area contributed by atoms with Gasteiger partial charge in [-0.05, 0) is 36.4 Å². The van der Waals surface area contributed by atoms with Crippen LogP contribution >= 0.6 is 0 Å². The highest BCUT2D eigenvalue weighted by Crippen LogP contribution is 2.18. The van der Waals surface area contributed by atoms with Gasteiger partial charge in [0.2, 0.25) is 5.55 Å². The SMILES string of the molecule is O=C(Nc1ccccn1)c1cc2ccccc2oc1=Nc1ccc(F)c(F)c1. The minimum Gasteiger partial charge on any atom is -0.438 e. The first kappa shape index (κ1) is 17.5.